The summed E-state index contributed by atoms with van der Waals surface area (Å²) in [5.41, 5.74) is 4.27. The number of hydrogen-bond acceptors (Lipinski definition) is 4. The van der Waals surface area contributed by atoms with Crippen molar-refractivity contribution in [3.63, 3.8) is 0 Å². The van der Waals surface area contributed by atoms with Gasteiger partial charge in [0, 0.05) is 11.1 Å². The van der Waals surface area contributed by atoms with Gasteiger partial charge in [-0.2, -0.15) is 0 Å². The molecule has 3 rings (SSSR count). The normalized spacial score (nSPS) is 12.6. The Bertz CT molecular complexity index is 1300. The number of carbonyl (C=O) groups excluding carboxylic acids is 1. The van der Waals surface area contributed by atoms with Crippen LogP contribution in [-0.4, -0.2) is 37.1 Å². The molecule has 2 amide bonds. The van der Waals surface area contributed by atoms with Gasteiger partial charge in [0.1, 0.15) is 11.6 Å². The Morgan fingerprint density at radius 3 is 2.47 bits per heavy atom. The molecule has 3 aromatic rings. The van der Waals surface area contributed by atoms with Crippen molar-refractivity contribution in [2.45, 2.75) is 39.3 Å². The molecule has 0 saturated carbocycles. The first kappa shape index (κ1) is 23.2. The highest BCUT2D eigenvalue weighted by Crippen LogP contribution is 2.30. The maximum atomic E-state index is 14.0. The largest absolute Gasteiger partial charge is 0.465 e. The molecule has 3 N–H and O–H groups in total. The van der Waals surface area contributed by atoms with E-state index in [2.05, 4.69) is 4.98 Å². The van der Waals surface area contributed by atoms with Crippen molar-refractivity contribution in [2.75, 3.05) is 0 Å². The number of hydrogen-bond donors (Lipinski definition) is 2. The lowest BCUT2D eigenvalue weighted by atomic mass is 10.0. The lowest BCUT2D eigenvalue weighted by molar-refractivity contribution is 0.0719. The second-order valence-electron chi connectivity index (χ2n) is 8.31. The van der Waals surface area contributed by atoms with Crippen LogP contribution in [-0.2, 0) is 0 Å². The second kappa shape index (κ2) is 8.23. The molecule has 0 aliphatic carbocycles. The zero-order chi connectivity index (χ0) is 24.0. The van der Waals surface area contributed by atoms with Gasteiger partial charge in [0.05, 0.1) is 27.7 Å². The van der Waals surface area contributed by atoms with E-state index in [1.807, 2.05) is 0 Å². The monoisotopic (exact) mass is 460 g/mol. The lowest BCUT2D eigenvalue weighted by Crippen LogP contribution is -2.47. The third-order valence-electron chi connectivity index (χ3n) is 5.00. The molecular weight excluding hydrogens is 439 g/mol. The molecule has 1 heterocycles. The van der Waals surface area contributed by atoms with E-state index < -0.39 is 35.0 Å². The molecule has 0 aliphatic rings. The van der Waals surface area contributed by atoms with Crippen LogP contribution in [0.3, 0.4) is 0 Å². The number of halogens is 2. The topological polar surface area (TPSA) is 119 Å². The maximum absolute atomic E-state index is 14.0. The Morgan fingerprint density at radius 1 is 1.25 bits per heavy atom. The molecule has 0 saturated heterocycles. The Morgan fingerprint density at radius 2 is 1.91 bits per heavy atom. The van der Waals surface area contributed by atoms with E-state index in [0.717, 1.165) is 21.6 Å². The van der Waals surface area contributed by atoms with Gasteiger partial charge in [0.15, 0.2) is 0 Å². The highest BCUT2D eigenvalue weighted by atomic mass is 35.5. The number of amides is 2. The number of benzene rings is 2. The van der Waals surface area contributed by atoms with Gasteiger partial charge in [-0.3, -0.25) is 19.1 Å². The van der Waals surface area contributed by atoms with Crippen LogP contribution >= 0.6 is 11.6 Å². The minimum atomic E-state index is -1.22. The van der Waals surface area contributed by atoms with E-state index in [-0.39, 0.29) is 33.0 Å². The third kappa shape index (κ3) is 4.16. The fraction of sp³-hybridized carbons (Fsp3) is 0.273. The summed E-state index contributed by atoms with van der Waals surface area (Å²) in [6, 6.07) is 7.06. The van der Waals surface area contributed by atoms with Gasteiger partial charge in [-0.05, 0) is 58.0 Å². The molecule has 8 nitrogen and oxygen atoms in total. The van der Waals surface area contributed by atoms with E-state index in [9.17, 15) is 23.9 Å². The van der Waals surface area contributed by atoms with Crippen LogP contribution in [0, 0.1) is 5.82 Å². The summed E-state index contributed by atoms with van der Waals surface area (Å²) < 4.78 is 15.2. The first-order valence-corrected chi connectivity index (χ1v) is 10.0. The smallest absolute Gasteiger partial charge is 0.408 e. The molecule has 0 bridgehead atoms. The Labute approximate surface area is 188 Å². The van der Waals surface area contributed by atoms with Crippen LogP contribution in [0.25, 0.3) is 16.6 Å². The molecule has 1 aromatic heterocycles. The number of fused-ring (bicyclic) bond motifs is 1. The number of nitrogens with two attached hydrogens (primary N) is 1. The van der Waals surface area contributed by atoms with Crippen molar-refractivity contribution in [1.82, 2.24) is 14.5 Å². The molecule has 32 heavy (non-hydrogen) atoms. The number of primary amides is 1. The van der Waals surface area contributed by atoms with Crippen LogP contribution in [0.5, 0.6) is 0 Å². The van der Waals surface area contributed by atoms with Crippen LogP contribution in [0.15, 0.2) is 41.2 Å². The first-order chi connectivity index (χ1) is 14.8. The minimum Gasteiger partial charge on any atom is -0.465 e. The molecule has 0 radical (unpaired) electrons. The SMILES string of the molecule is CC(c1nc2c(Cl)cc(F)cc2c(=O)n1-c1cccc(C(N)=O)c1)N(C(=O)O)C(C)(C)C. The molecule has 0 aliphatic heterocycles. The molecular formula is C22H22ClFN4O4. The highest BCUT2D eigenvalue weighted by Gasteiger charge is 2.34. The zero-order valence-electron chi connectivity index (χ0n) is 17.9. The average molecular weight is 461 g/mol. The quantitative estimate of drug-likeness (QED) is 0.607. The van der Waals surface area contributed by atoms with Gasteiger partial charge < -0.3 is 10.8 Å². The van der Waals surface area contributed by atoms with Crippen molar-refractivity contribution in [1.29, 1.82) is 0 Å². The highest BCUT2D eigenvalue weighted by molar-refractivity contribution is 6.35. The zero-order valence-corrected chi connectivity index (χ0v) is 18.6. The first-order valence-electron chi connectivity index (χ1n) is 9.67. The van der Waals surface area contributed by atoms with Crippen LogP contribution in [0.2, 0.25) is 5.02 Å². The van der Waals surface area contributed by atoms with Crippen molar-refractivity contribution in [2.24, 2.45) is 5.73 Å². The molecule has 10 heteroatoms. The van der Waals surface area contributed by atoms with E-state index in [1.54, 1.807) is 33.8 Å². The number of carboxylic acid groups (broad SMARTS) is 1. The summed E-state index contributed by atoms with van der Waals surface area (Å²) in [4.78, 5) is 42.9. The minimum absolute atomic E-state index is 0.0430. The van der Waals surface area contributed by atoms with Gasteiger partial charge in [-0.25, -0.2) is 14.2 Å². The van der Waals surface area contributed by atoms with E-state index >= 15 is 0 Å². The summed E-state index contributed by atoms with van der Waals surface area (Å²) in [5.74, 6) is -1.38. The Kier molecular flexibility index (Phi) is 5.97. The van der Waals surface area contributed by atoms with Crippen molar-refractivity contribution >= 4 is 34.5 Å². The van der Waals surface area contributed by atoms with Crippen LogP contribution < -0.4 is 11.3 Å². The predicted octanol–water partition coefficient (Wildman–Crippen LogP) is 4.12. The molecule has 0 fully saturated rings. The van der Waals surface area contributed by atoms with Crippen molar-refractivity contribution in [3.05, 3.63) is 69.0 Å². The Balaban J connectivity index is 2.45. The number of rotatable bonds is 4. The van der Waals surface area contributed by atoms with Gasteiger partial charge in [-0.1, -0.05) is 17.7 Å². The predicted molar refractivity (Wildman–Crippen MR) is 119 cm³/mol. The molecule has 2 aromatic carbocycles. The van der Waals surface area contributed by atoms with Crippen LogP contribution in [0.4, 0.5) is 9.18 Å². The Hall–Kier alpha value is -3.46. The average Bonchev–Trinajstić information content (AvgIpc) is 2.67. The summed E-state index contributed by atoms with van der Waals surface area (Å²) in [6.07, 6.45) is -1.22. The molecule has 1 atom stereocenters. The fourth-order valence-corrected chi connectivity index (χ4v) is 3.96. The van der Waals surface area contributed by atoms with E-state index in [4.69, 9.17) is 17.3 Å². The van der Waals surface area contributed by atoms with Crippen molar-refractivity contribution < 1.29 is 19.1 Å². The summed E-state index contributed by atoms with van der Waals surface area (Å²) in [6.45, 7) is 6.70. The van der Waals surface area contributed by atoms with E-state index in [1.165, 1.54) is 18.2 Å². The van der Waals surface area contributed by atoms with Crippen LogP contribution in [0.1, 0.15) is 49.9 Å². The summed E-state index contributed by atoms with van der Waals surface area (Å²) in [5, 5.41) is 9.69. The number of nitrogens with zero attached hydrogens (tertiary/aromatic N) is 3. The fourth-order valence-electron chi connectivity index (χ4n) is 3.71. The van der Waals surface area contributed by atoms with Gasteiger partial charge in [-0.15, -0.1) is 0 Å². The molecule has 168 valence electrons. The molecule has 1 unspecified atom stereocenters. The van der Waals surface area contributed by atoms with Crippen molar-refractivity contribution in [3.8, 4) is 5.69 Å². The third-order valence-corrected chi connectivity index (χ3v) is 5.28. The second-order valence-corrected chi connectivity index (χ2v) is 8.72. The standard InChI is InChI=1S/C22H22ClFN4O4/c1-11(28(21(31)32)22(2,3)4)19-26-17-15(9-13(24)10-16(17)23)20(30)27(19)14-7-5-6-12(8-14)18(25)29/h5-11H,1-4H3,(H2,25,29)(H,31,32). The van der Waals surface area contributed by atoms with Gasteiger partial charge >= 0.3 is 6.09 Å². The van der Waals surface area contributed by atoms with E-state index in [0.29, 0.717) is 0 Å². The molecule has 0 spiro atoms. The lowest BCUT2D eigenvalue weighted by Gasteiger charge is -2.38. The summed E-state index contributed by atoms with van der Waals surface area (Å²) >= 11 is 6.17. The van der Waals surface area contributed by atoms with Gasteiger partial charge in [0.2, 0.25) is 5.91 Å². The summed E-state index contributed by atoms with van der Waals surface area (Å²) in [7, 11) is 0. The maximum Gasteiger partial charge on any atom is 0.408 e. The number of carbonyl (C=O) groups is 2. The van der Waals surface area contributed by atoms with Gasteiger partial charge in [0.25, 0.3) is 5.56 Å². The number of aromatic nitrogens is 2.